The molecule has 5 nitrogen and oxygen atoms in total. The molecule has 0 aliphatic rings. The van der Waals surface area contributed by atoms with Crippen LogP contribution in [0, 0.1) is 0 Å². The van der Waals surface area contributed by atoms with Crippen LogP contribution >= 0.6 is 0 Å². The Labute approximate surface area is 105 Å². The number of nitrogens with one attached hydrogen (secondary N) is 2. The van der Waals surface area contributed by atoms with E-state index in [2.05, 4.69) is 15.3 Å². The fourth-order valence-electron chi connectivity index (χ4n) is 1.57. The summed E-state index contributed by atoms with van der Waals surface area (Å²) in [6.45, 7) is 0. The summed E-state index contributed by atoms with van der Waals surface area (Å²) in [7, 11) is 1.61. The quantitative estimate of drug-likeness (QED) is 0.846. The van der Waals surface area contributed by atoms with E-state index in [1.54, 1.807) is 19.6 Å². The Kier molecular flexibility index (Phi) is 3.96. The standard InChI is InChI=1S/C13H15N3O2/c1-18-12-5-2-10(3-6-12)16-13(17)7-4-11-8-14-9-15-11/h2-3,5-6,8-9H,4,7H2,1H3,(H,14,15)(H,16,17). The highest BCUT2D eigenvalue weighted by Gasteiger charge is 2.04. The number of carbonyl (C=O) groups excluding carboxylic acids is 1. The number of amides is 1. The molecular formula is C13H15N3O2. The average molecular weight is 245 g/mol. The number of imidazole rings is 1. The maximum Gasteiger partial charge on any atom is 0.224 e. The van der Waals surface area contributed by atoms with Crippen molar-refractivity contribution in [1.82, 2.24) is 9.97 Å². The molecule has 0 fully saturated rings. The van der Waals surface area contributed by atoms with Crippen molar-refractivity contribution in [3.8, 4) is 5.75 Å². The minimum atomic E-state index is -0.0187. The highest BCUT2D eigenvalue weighted by molar-refractivity contribution is 5.90. The van der Waals surface area contributed by atoms with Gasteiger partial charge in [0, 0.05) is 24.0 Å². The smallest absolute Gasteiger partial charge is 0.224 e. The van der Waals surface area contributed by atoms with Gasteiger partial charge in [0.2, 0.25) is 5.91 Å². The van der Waals surface area contributed by atoms with Crippen molar-refractivity contribution in [1.29, 1.82) is 0 Å². The summed E-state index contributed by atoms with van der Waals surface area (Å²) in [6.07, 6.45) is 4.41. The Balaban J connectivity index is 1.83. The lowest BCUT2D eigenvalue weighted by Gasteiger charge is -2.05. The summed E-state index contributed by atoms with van der Waals surface area (Å²) in [5.74, 6) is 0.750. The molecule has 1 heterocycles. The zero-order chi connectivity index (χ0) is 12.8. The third-order valence-electron chi connectivity index (χ3n) is 2.55. The van der Waals surface area contributed by atoms with E-state index in [1.807, 2.05) is 24.3 Å². The van der Waals surface area contributed by atoms with Crippen molar-refractivity contribution >= 4 is 11.6 Å². The van der Waals surface area contributed by atoms with Crippen LogP contribution in [0.25, 0.3) is 0 Å². The van der Waals surface area contributed by atoms with Crippen LogP contribution in [0.4, 0.5) is 5.69 Å². The number of methoxy groups -OCH3 is 1. The van der Waals surface area contributed by atoms with Gasteiger partial charge in [0.25, 0.3) is 0 Å². The van der Waals surface area contributed by atoms with Gasteiger partial charge in [-0.15, -0.1) is 0 Å². The summed E-state index contributed by atoms with van der Waals surface area (Å²) >= 11 is 0. The number of rotatable bonds is 5. The number of ether oxygens (including phenoxy) is 1. The fourth-order valence-corrected chi connectivity index (χ4v) is 1.57. The monoisotopic (exact) mass is 245 g/mol. The van der Waals surface area contributed by atoms with Crippen molar-refractivity contribution in [3.05, 3.63) is 42.5 Å². The molecule has 1 aromatic heterocycles. The highest BCUT2D eigenvalue weighted by atomic mass is 16.5. The maximum atomic E-state index is 11.7. The minimum absolute atomic E-state index is 0.0187. The van der Waals surface area contributed by atoms with Crippen molar-refractivity contribution in [3.63, 3.8) is 0 Å². The van der Waals surface area contributed by atoms with Crippen molar-refractivity contribution < 1.29 is 9.53 Å². The first-order valence-corrected chi connectivity index (χ1v) is 5.69. The van der Waals surface area contributed by atoms with E-state index in [0.717, 1.165) is 17.1 Å². The van der Waals surface area contributed by atoms with Crippen LogP contribution in [0.3, 0.4) is 0 Å². The van der Waals surface area contributed by atoms with Crippen LogP contribution in [-0.2, 0) is 11.2 Å². The van der Waals surface area contributed by atoms with E-state index in [0.29, 0.717) is 12.8 Å². The van der Waals surface area contributed by atoms with Gasteiger partial charge < -0.3 is 15.0 Å². The second-order valence-corrected chi connectivity index (χ2v) is 3.85. The zero-order valence-corrected chi connectivity index (χ0v) is 10.1. The van der Waals surface area contributed by atoms with Crippen LogP contribution in [0.5, 0.6) is 5.75 Å². The molecule has 0 bridgehead atoms. The lowest BCUT2D eigenvalue weighted by molar-refractivity contribution is -0.116. The average Bonchev–Trinajstić information content (AvgIpc) is 2.90. The lowest BCUT2D eigenvalue weighted by Crippen LogP contribution is -2.12. The van der Waals surface area contributed by atoms with E-state index in [4.69, 9.17) is 4.74 Å². The molecular weight excluding hydrogens is 230 g/mol. The first-order valence-electron chi connectivity index (χ1n) is 5.69. The Morgan fingerprint density at radius 3 is 2.78 bits per heavy atom. The number of hydrogen-bond donors (Lipinski definition) is 2. The number of anilines is 1. The van der Waals surface area contributed by atoms with Gasteiger partial charge in [-0.2, -0.15) is 0 Å². The summed E-state index contributed by atoms with van der Waals surface area (Å²) in [6, 6.07) is 7.24. The third kappa shape index (κ3) is 3.35. The van der Waals surface area contributed by atoms with Crippen molar-refractivity contribution in [2.45, 2.75) is 12.8 Å². The van der Waals surface area contributed by atoms with Crippen LogP contribution in [0.2, 0.25) is 0 Å². The van der Waals surface area contributed by atoms with Crippen LogP contribution in [-0.4, -0.2) is 23.0 Å². The molecule has 0 atom stereocenters. The first-order chi connectivity index (χ1) is 8.78. The Morgan fingerprint density at radius 2 is 2.17 bits per heavy atom. The SMILES string of the molecule is COc1ccc(NC(=O)CCc2cnc[nH]2)cc1. The van der Waals surface area contributed by atoms with E-state index < -0.39 is 0 Å². The molecule has 1 aromatic carbocycles. The number of aromatic amines is 1. The van der Waals surface area contributed by atoms with Gasteiger partial charge in [0.1, 0.15) is 5.75 Å². The van der Waals surface area contributed by atoms with Crippen LogP contribution in [0.15, 0.2) is 36.8 Å². The summed E-state index contributed by atoms with van der Waals surface area (Å²) < 4.78 is 5.05. The fraction of sp³-hybridized carbons (Fsp3) is 0.231. The third-order valence-corrected chi connectivity index (χ3v) is 2.55. The Bertz CT molecular complexity index is 491. The molecule has 2 N–H and O–H groups in total. The molecule has 94 valence electrons. The summed E-state index contributed by atoms with van der Waals surface area (Å²) in [4.78, 5) is 18.6. The molecule has 2 aromatic rings. The molecule has 0 saturated heterocycles. The lowest BCUT2D eigenvalue weighted by atomic mass is 10.2. The van der Waals surface area contributed by atoms with Gasteiger partial charge in [-0.25, -0.2) is 4.98 Å². The molecule has 0 aliphatic carbocycles. The first kappa shape index (κ1) is 12.2. The Hall–Kier alpha value is -2.30. The molecule has 1 amide bonds. The van der Waals surface area contributed by atoms with E-state index in [-0.39, 0.29) is 5.91 Å². The number of H-pyrrole nitrogens is 1. The van der Waals surface area contributed by atoms with Gasteiger partial charge in [-0.3, -0.25) is 4.79 Å². The number of benzene rings is 1. The molecule has 0 aliphatic heterocycles. The molecule has 18 heavy (non-hydrogen) atoms. The molecule has 0 unspecified atom stereocenters. The number of hydrogen-bond acceptors (Lipinski definition) is 3. The van der Waals surface area contributed by atoms with Gasteiger partial charge in [-0.05, 0) is 30.7 Å². The van der Waals surface area contributed by atoms with Gasteiger partial charge in [-0.1, -0.05) is 0 Å². The second-order valence-electron chi connectivity index (χ2n) is 3.85. The van der Waals surface area contributed by atoms with Crippen LogP contribution < -0.4 is 10.1 Å². The predicted octanol–water partition coefficient (Wildman–Crippen LogP) is 1.99. The van der Waals surface area contributed by atoms with Crippen molar-refractivity contribution in [2.75, 3.05) is 12.4 Å². The predicted molar refractivity (Wildman–Crippen MR) is 68.5 cm³/mol. The maximum absolute atomic E-state index is 11.7. The molecule has 0 spiro atoms. The number of carbonyl (C=O) groups is 1. The molecule has 0 saturated carbocycles. The van der Waals surface area contributed by atoms with Gasteiger partial charge >= 0.3 is 0 Å². The molecule has 0 radical (unpaired) electrons. The topological polar surface area (TPSA) is 67.0 Å². The number of nitrogens with zero attached hydrogens (tertiary/aromatic N) is 1. The molecule has 5 heteroatoms. The summed E-state index contributed by atoms with van der Waals surface area (Å²) in [5.41, 5.74) is 1.73. The summed E-state index contributed by atoms with van der Waals surface area (Å²) in [5, 5.41) is 2.83. The zero-order valence-electron chi connectivity index (χ0n) is 10.1. The minimum Gasteiger partial charge on any atom is -0.497 e. The van der Waals surface area contributed by atoms with Gasteiger partial charge in [0.05, 0.1) is 13.4 Å². The largest absolute Gasteiger partial charge is 0.497 e. The van der Waals surface area contributed by atoms with Crippen molar-refractivity contribution in [2.24, 2.45) is 0 Å². The van der Waals surface area contributed by atoms with E-state index in [1.165, 1.54) is 0 Å². The second kappa shape index (κ2) is 5.86. The molecule has 2 rings (SSSR count). The normalized spacial score (nSPS) is 10.1. The highest BCUT2D eigenvalue weighted by Crippen LogP contribution is 2.15. The van der Waals surface area contributed by atoms with Gasteiger partial charge in [0.15, 0.2) is 0 Å². The number of aryl methyl sites for hydroxylation is 1. The Morgan fingerprint density at radius 1 is 1.39 bits per heavy atom. The van der Waals surface area contributed by atoms with E-state index >= 15 is 0 Å². The number of aromatic nitrogens is 2. The van der Waals surface area contributed by atoms with E-state index in [9.17, 15) is 4.79 Å². The van der Waals surface area contributed by atoms with Crippen LogP contribution in [0.1, 0.15) is 12.1 Å².